The van der Waals surface area contributed by atoms with Gasteiger partial charge < -0.3 is 14.5 Å². The van der Waals surface area contributed by atoms with Crippen LogP contribution in [0.15, 0.2) is 54.6 Å². The van der Waals surface area contributed by atoms with E-state index in [4.69, 9.17) is 4.74 Å². The van der Waals surface area contributed by atoms with Crippen LogP contribution in [-0.2, 0) is 4.74 Å². The van der Waals surface area contributed by atoms with Crippen LogP contribution in [0.25, 0.3) is 0 Å². The Morgan fingerprint density at radius 1 is 0.677 bits per heavy atom. The second-order valence-electron chi connectivity index (χ2n) is 9.40. The molecule has 2 heterocycles. The Bertz CT molecular complexity index is 806. The number of piperazine rings is 1. The van der Waals surface area contributed by atoms with Gasteiger partial charge in [0.15, 0.2) is 0 Å². The Hall–Kier alpha value is -2.04. The molecule has 2 aliphatic heterocycles. The predicted octanol–water partition coefficient (Wildman–Crippen LogP) is 4.97. The molecular weight excluding hydrogens is 382 g/mol. The van der Waals surface area contributed by atoms with Crippen LogP contribution in [0.5, 0.6) is 0 Å². The minimum absolute atomic E-state index is 0.555. The molecule has 2 aromatic rings. The summed E-state index contributed by atoms with van der Waals surface area (Å²) in [6.45, 7) is 8.25. The lowest BCUT2D eigenvalue weighted by atomic mass is 9.80. The molecule has 1 aliphatic carbocycles. The zero-order valence-corrected chi connectivity index (χ0v) is 18.8. The van der Waals surface area contributed by atoms with Crippen molar-refractivity contribution in [2.75, 3.05) is 62.3 Å². The lowest BCUT2D eigenvalue weighted by Crippen LogP contribution is -2.49. The minimum Gasteiger partial charge on any atom is -0.378 e. The molecule has 5 rings (SSSR count). The molecule has 0 aromatic heterocycles. The van der Waals surface area contributed by atoms with Crippen LogP contribution in [0.2, 0.25) is 0 Å². The van der Waals surface area contributed by atoms with Crippen molar-refractivity contribution in [3.63, 3.8) is 0 Å². The fraction of sp³-hybridized carbons (Fsp3) is 0.556. The van der Waals surface area contributed by atoms with Crippen molar-refractivity contribution in [3.05, 3.63) is 60.2 Å². The molecule has 4 heteroatoms. The smallest absolute Gasteiger partial charge is 0.0642 e. The molecule has 0 spiro atoms. The van der Waals surface area contributed by atoms with Crippen molar-refractivity contribution < 1.29 is 4.74 Å². The summed E-state index contributed by atoms with van der Waals surface area (Å²) in [5.41, 5.74) is 4.28. The Balaban J connectivity index is 1.35. The minimum atomic E-state index is 0.555. The molecule has 1 unspecified atom stereocenters. The molecule has 0 N–H and O–H groups in total. The number of para-hydroxylation sites is 1. The molecule has 0 radical (unpaired) electrons. The van der Waals surface area contributed by atoms with Gasteiger partial charge in [-0.1, -0.05) is 49.6 Å². The number of benzene rings is 2. The van der Waals surface area contributed by atoms with Crippen LogP contribution >= 0.6 is 0 Å². The molecule has 0 amide bonds. The van der Waals surface area contributed by atoms with Gasteiger partial charge in [-0.15, -0.1) is 0 Å². The van der Waals surface area contributed by atoms with Crippen LogP contribution < -0.4 is 9.80 Å². The molecule has 1 atom stereocenters. The van der Waals surface area contributed by atoms with Crippen LogP contribution in [-0.4, -0.2) is 57.4 Å². The van der Waals surface area contributed by atoms with E-state index < -0.39 is 0 Å². The van der Waals surface area contributed by atoms with Crippen molar-refractivity contribution in [1.29, 1.82) is 0 Å². The van der Waals surface area contributed by atoms with E-state index in [0.29, 0.717) is 6.04 Å². The van der Waals surface area contributed by atoms with Crippen LogP contribution in [0, 0.1) is 5.92 Å². The maximum Gasteiger partial charge on any atom is 0.0642 e. The fourth-order valence-electron chi connectivity index (χ4n) is 5.86. The van der Waals surface area contributed by atoms with Gasteiger partial charge >= 0.3 is 0 Å². The summed E-state index contributed by atoms with van der Waals surface area (Å²) in [7, 11) is 0. The van der Waals surface area contributed by atoms with E-state index in [2.05, 4.69) is 69.3 Å². The molecule has 4 nitrogen and oxygen atoms in total. The van der Waals surface area contributed by atoms with Gasteiger partial charge in [0, 0.05) is 56.7 Å². The first kappa shape index (κ1) is 20.8. The number of hydrogen-bond acceptors (Lipinski definition) is 4. The normalized spacial score (nSPS) is 22.5. The van der Waals surface area contributed by atoms with Gasteiger partial charge in [0.1, 0.15) is 0 Å². The third-order valence-corrected chi connectivity index (χ3v) is 7.51. The van der Waals surface area contributed by atoms with Gasteiger partial charge in [-0.05, 0) is 48.6 Å². The highest BCUT2D eigenvalue weighted by Crippen LogP contribution is 2.40. The van der Waals surface area contributed by atoms with E-state index in [1.165, 1.54) is 49.0 Å². The number of morpholine rings is 1. The summed E-state index contributed by atoms with van der Waals surface area (Å²) >= 11 is 0. The van der Waals surface area contributed by atoms with Crippen LogP contribution in [0.4, 0.5) is 11.4 Å². The molecule has 0 bridgehead atoms. The summed E-state index contributed by atoms with van der Waals surface area (Å²) in [4.78, 5) is 7.85. The molecular formula is C27H37N3O. The van der Waals surface area contributed by atoms with Gasteiger partial charge in [-0.2, -0.15) is 0 Å². The molecule has 3 aliphatic rings. The van der Waals surface area contributed by atoms with Crippen molar-refractivity contribution in [1.82, 2.24) is 4.90 Å². The van der Waals surface area contributed by atoms with Crippen molar-refractivity contribution in [2.24, 2.45) is 5.92 Å². The molecule has 166 valence electrons. The van der Waals surface area contributed by atoms with E-state index in [1.54, 1.807) is 0 Å². The number of nitrogens with zero attached hydrogens (tertiary/aromatic N) is 3. The standard InChI is InChI=1S/C27H37N3O/c1-3-8-23(9-4-1)27(24-10-7-13-26(22-24)29-18-20-31-21-19-29)30-16-14-28(15-17-30)25-11-5-2-6-12-25/h2,5-7,10-13,22-23,27H,1,3-4,8-9,14-21H2. The Morgan fingerprint density at radius 3 is 2.10 bits per heavy atom. The van der Waals surface area contributed by atoms with Crippen LogP contribution in [0.3, 0.4) is 0 Å². The highest BCUT2D eigenvalue weighted by Gasteiger charge is 2.32. The number of hydrogen-bond donors (Lipinski definition) is 0. The molecule has 2 aromatic carbocycles. The average Bonchev–Trinajstić information content (AvgIpc) is 2.87. The first-order valence-corrected chi connectivity index (χ1v) is 12.4. The van der Waals surface area contributed by atoms with Crippen LogP contribution in [0.1, 0.15) is 43.7 Å². The highest BCUT2D eigenvalue weighted by molar-refractivity contribution is 5.50. The molecule has 3 fully saturated rings. The Kier molecular flexibility index (Phi) is 6.76. The lowest BCUT2D eigenvalue weighted by molar-refractivity contribution is 0.110. The number of anilines is 2. The van der Waals surface area contributed by atoms with E-state index in [0.717, 1.165) is 58.4 Å². The molecule has 1 saturated carbocycles. The van der Waals surface area contributed by atoms with E-state index in [1.807, 2.05) is 0 Å². The number of ether oxygens (including phenoxy) is 1. The summed E-state index contributed by atoms with van der Waals surface area (Å²) < 4.78 is 5.58. The zero-order valence-electron chi connectivity index (χ0n) is 18.8. The average molecular weight is 420 g/mol. The third kappa shape index (κ3) is 4.91. The zero-order chi connectivity index (χ0) is 20.9. The monoisotopic (exact) mass is 419 g/mol. The maximum absolute atomic E-state index is 5.58. The third-order valence-electron chi connectivity index (χ3n) is 7.51. The lowest BCUT2D eigenvalue weighted by Gasteiger charge is -2.44. The van der Waals surface area contributed by atoms with Gasteiger partial charge in [0.05, 0.1) is 13.2 Å². The SMILES string of the molecule is c1ccc(N2CCN(C(c3cccc(N4CCOCC4)c3)C3CCCCC3)CC2)cc1. The Labute approximate surface area is 187 Å². The maximum atomic E-state index is 5.58. The van der Waals surface area contributed by atoms with Gasteiger partial charge in [0.2, 0.25) is 0 Å². The first-order valence-electron chi connectivity index (χ1n) is 12.4. The van der Waals surface area contributed by atoms with Gasteiger partial charge in [-0.25, -0.2) is 0 Å². The number of rotatable bonds is 5. The van der Waals surface area contributed by atoms with E-state index >= 15 is 0 Å². The van der Waals surface area contributed by atoms with Gasteiger partial charge in [-0.3, -0.25) is 4.90 Å². The van der Waals surface area contributed by atoms with Crippen molar-refractivity contribution in [2.45, 2.75) is 38.1 Å². The fourth-order valence-corrected chi connectivity index (χ4v) is 5.86. The molecule has 31 heavy (non-hydrogen) atoms. The van der Waals surface area contributed by atoms with E-state index in [-0.39, 0.29) is 0 Å². The van der Waals surface area contributed by atoms with Crippen molar-refractivity contribution >= 4 is 11.4 Å². The second-order valence-corrected chi connectivity index (χ2v) is 9.40. The van der Waals surface area contributed by atoms with Crippen molar-refractivity contribution in [3.8, 4) is 0 Å². The second kappa shape index (κ2) is 10.1. The topological polar surface area (TPSA) is 19.0 Å². The predicted molar refractivity (Wildman–Crippen MR) is 129 cm³/mol. The summed E-state index contributed by atoms with van der Waals surface area (Å²) in [5.74, 6) is 0.789. The summed E-state index contributed by atoms with van der Waals surface area (Å²) in [6, 6.07) is 20.9. The Morgan fingerprint density at radius 2 is 1.35 bits per heavy atom. The molecule has 2 saturated heterocycles. The summed E-state index contributed by atoms with van der Waals surface area (Å²) in [6.07, 6.45) is 6.97. The quantitative estimate of drug-likeness (QED) is 0.681. The highest BCUT2D eigenvalue weighted by atomic mass is 16.5. The van der Waals surface area contributed by atoms with Gasteiger partial charge in [0.25, 0.3) is 0 Å². The largest absolute Gasteiger partial charge is 0.378 e. The van der Waals surface area contributed by atoms with E-state index in [9.17, 15) is 0 Å². The summed E-state index contributed by atoms with van der Waals surface area (Å²) in [5, 5.41) is 0. The first-order chi connectivity index (χ1) is 15.4.